The fourth-order valence-electron chi connectivity index (χ4n) is 3.64. The van der Waals surface area contributed by atoms with Gasteiger partial charge in [0.2, 0.25) is 12.7 Å². The van der Waals surface area contributed by atoms with E-state index in [1.807, 2.05) is 12.1 Å². The first-order chi connectivity index (χ1) is 14.2. The summed E-state index contributed by atoms with van der Waals surface area (Å²) >= 11 is 0. The molecule has 0 saturated heterocycles. The molecule has 1 aromatic heterocycles. The van der Waals surface area contributed by atoms with Crippen molar-refractivity contribution in [2.45, 2.75) is 13.0 Å². The van der Waals surface area contributed by atoms with E-state index in [4.69, 9.17) is 23.7 Å². The third kappa shape index (κ3) is 2.93. The molecule has 2 aliphatic heterocycles. The molecular weight excluding hydrogens is 376 g/mol. The summed E-state index contributed by atoms with van der Waals surface area (Å²) in [6.45, 7) is 0.716. The lowest BCUT2D eigenvalue weighted by atomic mass is 9.97. The summed E-state index contributed by atoms with van der Waals surface area (Å²) in [7, 11) is 3.19. The SMILES string of the molecule is COc1cc2c(cc1OC)-c1cc(Oc3ccc4c(c3)OCO4)nc(=O)n1CC2. The number of aryl methyl sites for hydroxylation is 1. The lowest BCUT2D eigenvalue weighted by molar-refractivity contribution is 0.174. The van der Waals surface area contributed by atoms with Crippen LogP contribution in [0.25, 0.3) is 11.3 Å². The number of benzene rings is 2. The van der Waals surface area contributed by atoms with Crippen LogP contribution in [0.4, 0.5) is 0 Å². The molecule has 0 radical (unpaired) electrons. The summed E-state index contributed by atoms with van der Waals surface area (Å²) < 4.78 is 29.0. The van der Waals surface area contributed by atoms with Gasteiger partial charge in [-0.2, -0.15) is 4.98 Å². The second-order valence-electron chi connectivity index (χ2n) is 6.65. The fraction of sp³-hybridized carbons (Fsp3) is 0.238. The van der Waals surface area contributed by atoms with Gasteiger partial charge in [-0.05, 0) is 36.2 Å². The van der Waals surface area contributed by atoms with Gasteiger partial charge in [0, 0.05) is 24.2 Å². The van der Waals surface area contributed by atoms with Gasteiger partial charge in [0.05, 0.1) is 19.9 Å². The maximum Gasteiger partial charge on any atom is 0.351 e. The highest BCUT2D eigenvalue weighted by atomic mass is 16.7. The van der Waals surface area contributed by atoms with E-state index in [2.05, 4.69) is 4.98 Å². The van der Waals surface area contributed by atoms with Crippen LogP contribution in [0.2, 0.25) is 0 Å². The molecule has 148 valence electrons. The monoisotopic (exact) mass is 394 g/mol. The van der Waals surface area contributed by atoms with Crippen molar-refractivity contribution in [3.8, 4) is 45.9 Å². The molecule has 0 aliphatic carbocycles. The Morgan fingerprint density at radius 3 is 2.62 bits per heavy atom. The molecule has 0 unspecified atom stereocenters. The third-order valence-corrected chi connectivity index (χ3v) is 5.04. The van der Waals surface area contributed by atoms with E-state index in [9.17, 15) is 4.79 Å². The van der Waals surface area contributed by atoms with Gasteiger partial charge < -0.3 is 23.7 Å². The maximum absolute atomic E-state index is 12.6. The van der Waals surface area contributed by atoms with Crippen molar-refractivity contribution in [1.82, 2.24) is 9.55 Å². The van der Waals surface area contributed by atoms with Crippen LogP contribution in [-0.2, 0) is 13.0 Å². The molecule has 8 heteroatoms. The molecule has 0 fully saturated rings. The number of fused-ring (bicyclic) bond motifs is 4. The standard InChI is InChI=1S/C21H18N2O6/c1-25-17-7-12-5-6-23-15(14(12)9-18(17)26-2)10-20(22-21(23)24)29-13-3-4-16-19(8-13)28-11-27-16/h3-4,7-10H,5-6,11H2,1-2H3. The van der Waals surface area contributed by atoms with E-state index < -0.39 is 0 Å². The summed E-state index contributed by atoms with van der Waals surface area (Å²) in [6, 6.07) is 10.8. The highest BCUT2D eigenvalue weighted by Crippen LogP contribution is 2.40. The van der Waals surface area contributed by atoms with Crippen LogP contribution in [0.1, 0.15) is 5.56 Å². The number of hydrogen-bond acceptors (Lipinski definition) is 7. The zero-order chi connectivity index (χ0) is 20.0. The van der Waals surface area contributed by atoms with Crippen molar-refractivity contribution < 1.29 is 23.7 Å². The van der Waals surface area contributed by atoms with Crippen molar-refractivity contribution in [1.29, 1.82) is 0 Å². The summed E-state index contributed by atoms with van der Waals surface area (Å²) in [6.07, 6.45) is 0.701. The summed E-state index contributed by atoms with van der Waals surface area (Å²) in [5, 5.41) is 0. The van der Waals surface area contributed by atoms with Crippen molar-refractivity contribution in [2.24, 2.45) is 0 Å². The summed E-state index contributed by atoms with van der Waals surface area (Å²) in [4.78, 5) is 16.7. The van der Waals surface area contributed by atoms with Crippen molar-refractivity contribution in [2.75, 3.05) is 21.0 Å². The number of ether oxygens (including phenoxy) is 5. The van der Waals surface area contributed by atoms with Gasteiger partial charge in [0.25, 0.3) is 0 Å². The van der Waals surface area contributed by atoms with Gasteiger partial charge >= 0.3 is 5.69 Å². The topological polar surface area (TPSA) is 81.0 Å². The number of methoxy groups -OCH3 is 2. The molecule has 0 bridgehead atoms. The predicted octanol–water partition coefficient (Wildman–Crippen LogP) is 3.00. The van der Waals surface area contributed by atoms with Gasteiger partial charge in [0.15, 0.2) is 23.0 Å². The van der Waals surface area contributed by atoms with E-state index >= 15 is 0 Å². The average molecular weight is 394 g/mol. The lowest BCUT2D eigenvalue weighted by Gasteiger charge is -2.23. The molecule has 5 rings (SSSR count). The zero-order valence-corrected chi connectivity index (χ0v) is 15.9. The van der Waals surface area contributed by atoms with Gasteiger partial charge in [-0.1, -0.05) is 0 Å². The second kappa shape index (κ2) is 6.73. The quantitative estimate of drug-likeness (QED) is 0.673. The van der Waals surface area contributed by atoms with E-state index in [1.165, 1.54) is 0 Å². The van der Waals surface area contributed by atoms with Gasteiger partial charge in [-0.15, -0.1) is 0 Å². The molecule has 0 atom stereocenters. The molecule has 3 aromatic rings. The smallest absolute Gasteiger partial charge is 0.351 e. The summed E-state index contributed by atoms with van der Waals surface area (Å²) in [5.74, 6) is 3.23. The van der Waals surface area contributed by atoms with Crippen LogP contribution in [-0.4, -0.2) is 30.6 Å². The molecule has 0 amide bonds. The van der Waals surface area contributed by atoms with E-state index in [0.29, 0.717) is 41.7 Å². The Labute approximate surface area is 166 Å². The molecule has 0 N–H and O–H groups in total. The van der Waals surface area contributed by atoms with Crippen LogP contribution in [0.3, 0.4) is 0 Å². The molecule has 0 spiro atoms. The van der Waals surface area contributed by atoms with Crippen LogP contribution < -0.4 is 29.4 Å². The molecule has 2 aliphatic rings. The first-order valence-electron chi connectivity index (χ1n) is 9.11. The Morgan fingerprint density at radius 2 is 1.79 bits per heavy atom. The number of aromatic nitrogens is 2. The van der Waals surface area contributed by atoms with Crippen LogP contribution >= 0.6 is 0 Å². The Morgan fingerprint density at radius 1 is 1.00 bits per heavy atom. The van der Waals surface area contributed by atoms with Crippen LogP contribution in [0.5, 0.6) is 34.6 Å². The van der Waals surface area contributed by atoms with Gasteiger partial charge in [0.1, 0.15) is 5.75 Å². The Bertz CT molecular complexity index is 1170. The minimum atomic E-state index is -0.362. The second-order valence-corrected chi connectivity index (χ2v) is 6.65. The van der Waals surface area contributed by atoms with E-state index in [-0.39, 0.29) is 18.4 Å². The highest BCUT2D eigenvalue weighted by molar-refractivity contribution is 5.70. The molecule has 3 heterocycles. The minimum absolute atomic E-state index is 0.180. The van der Waals surface area contributed by atoms with Gasteiger partial charge in [-0.25, -0.2) is 4.79 Å². The minimum Gasteiger partial charge on any atom is -0.493 e. The number of nitrogens with zero attached hydrogens (tertiary/aromatic N) is 2. The average Bonchev–Trinajstić information content (AvgIpc) is 3.20. The molecule has 0 saturated carbocycles. The van der Waals surface area contributed by atoms with E-state index in [1.54, 1.807) is 43.1 Å². The Hall–Kier alpha value is -3.68. The zero-order valence-electron chi connectivity index (χ0n) is 15.9. The highest BCUT2D eigenvalue weighted by Gasteiger charge is 2.22. The van der Waals surface area contributed by atoms with Crippen molar-refractivity contribution in [3.05, 3.63) is 52.4 Å². The molecule has 8 nitrogen and oxygen atoms in total. The Balaban J connectivity index is 1.57. The van der Waals surface area contributed by atoms with Crippen molar-refractivity contribution in [3.63, 3.8) is 0 Å². The molecule has 2 aromatic carbocycles. The lowest BCUT2D eigenvalue weighted by Crippen LogP contribution is -2.28. The van der Waals surface area contributed by atoms with Crippen molar-refractivity contribution >= 4 is 0 Å². The number of rotatable bonds is 4. The molecule has 29 heavy (non-hydrogen) atoms. The number of hydrogen-bond donors (Lipinski definition) is 0. The van der Waals surface area contributed by atoms with Crippen LogP contribution in [0.15, 0.2) is 41.2 Å². The molecular formula is C21H18N2O6. The van der Waals surface area contributed by atoms with Crippen LogP contribution in [0, 0.1) is 0 Å². The maximum atomic E-state index is 12.6. The third-order valence-electron chi connectivity index (χ3n) is 5.04. The first-order valence-corrected chi connectivity index (χ1v) is 9.11. The Kier molecular flexibility index (Phi) is 4.04. The predicted molar refractivity (Wildman–Crippen MR) is 103 cm³/mol. The van der Waals surface area contributed by atoms with E-state index in [0.717, 1.165) is 16.8 Å². The fourth-order valence-corrected chi connectivity index (χ4v) is 3.64. The van der Waals surface area contributed by atoms with Gasteiger partial charge in [-0.3, -0.25) is 4.57 Å². The first kappa shape index (κ1) is 17.4. The normalized spacial score (nSPS) is 13.4. The largest absolute Gasteiger partial charge is 0.493 e. The summed E-state index contributed by atoms with van der Waals surface area (Å²) in [5.41, 5.74) is 2.33.